The molecule has 0 spiro atoms. The van der Waals surface area contributed by atoms with Crippen LogP contribution < -0.4 is 15.4 Å². The first-order valence-corrected chi connectivity index (χ1v) is 9.00. The predicted molar refractivity (Wildman–Crippen MR) is 107 cm³/mol. The summed E-state index contributed by atoms with van der Waals surface area (Å²) in [5.41, 5.74) is 2.70. The molecule has 0 atom stereocenters. The maximum absolute atomic E-state index is 13.7. The molecule has 1 amide bonds. The predicted octanol–water partition coefficient (Wildman–Crippen LogP) is 3.81. The fourth-order valence-electron chi connectivity index (χ4n) is 2.83. The van der Waals surface area contributed by atoms with Gasteiger partial charge >= 0.3 is 0 Å². The minimum atomic E-state index is -0.226. The van der Waals surface area contributed by atoms with Crippen LogP contribution in [0.5, 0.6) is 5.75 Å². The van der Waals surface area contributed by atoms with Crippen LogP contribution in [-0.4, -0.2) is 24.5 Å². The van der Waals surface area contributed by atoms with Crippen LogP contribution in [0.3, 0.4) is 0 Å². The normalized spacial score (nSPS) is 10.4. The number of halogens is 1. The van der Waals surface area contributed by atoms with E-state index in [-0.39, 0.29) is 11.7 Å². The van der Waals surface area contributed by atoms with Gasteiger partial charge in [0.25, 0.3) is 5.91 Å². The molecule has 0 aliphatic rings. The second-order valence-corrected chi connectivity index (χ2v) is 6.23. The van der Waals surface area contributed by atoms with Crippen molar-refractivity contribution in [3.8, 4) is 5.75 Å². The molecule has 144 valence electrons. The molecule has 2 N–H and O–H groups in total. The van der Waals surface area contributed by atoms with Gasteiger partial charge in [0.15, 0.2) is 0 Å². The molecule has 6 heteroatoms. The molecule has 0 fully saturated rings. The van der Waals surface area contributed by atoms with Crippen molar-refractivity contribution < 1.29 is 13.9 Å². The summed E-state index contributed by atoms with van der Waals surface area (Å²) in [6, 6.07) is 15.9. The standard InChI is InChI=1S/C22H22FN3O2/c1-28-21-9-5-3-7-17(21)14-26-22(27)18-12-19(15-24-13-18)25-11-10-16-6-2-4-8-20(16)23/h2-9,12-13,15,25H,10-11,14H2,1H3,(H,26,27). The van der Waals surface area contributed by atoms with E-state index in [2.05, 4.69) is 15.6 Å². The first kappa shape index (κ1) is 19.4. The van der Waals surface area contributed by atoms with Gasteiger partial charge in [-0.2, -0.15) is 0 Å². The fourth-order valence-corrected chi connectivity index (χ4v) is 2.83. The van der Waals surface area contributed by atoms with Gasteiger partial charge in [0, 0.05) is 31.0 Å². The molecule has 0 saturated heterocycles. The number of ether oxygens (including phenoxy) is 1. The number of carbonyl (C=O) groups is 1. The zero-order valence-corrected chi connectivity index (χ0v) is 15.6. The van der Waals surface area contributed by atoms with Crippen LogP contribution in [0.1, 0.15) is 21.5 Å². The molecular formula is C22H22FN3O2. The lowest BCUT2D eigenvalue weighted by Crippen LogP contribution is -2.23. The van der Waals surface area contributed by atoms with Crippen molar-refractivity contribution in [1.82, 2.24) is 10.3 Å². The van der Waals surface area contributed by atoms with Crippen LogP contribution in [0.25, 0.3) is 0 Å². The summed E-state index contributed by atoms with van der Waals surface area (Å²) in [6.07, 6.45) is 3.69. The van der Waals surface area contributed by atoms with Crippen LogP contribution in [0, 0.1) is 5.82 Å². The number of nitrogens with zero attached hydrogens (tertiary/aromatic N) is 1. The Morgan fingerprint density at radius 3 is 2.61 bits per heavy atom. The van der Waals surface area contributed by atoms with Crippen LogP contribution in [0.2, 0.25) is 0 Å². The van der Waals surface area contributed by atoms with Crippen LogP contribution in [-0.2, 0) is 13.0 Å². The summed E-state index contributed by atoms with van der Waals surface area (Å²) < 4.78 is 19.0. The molecule has 3 aromatic rings. The van der Waals surface area contributed by atoms with Gasteiger partial charge in [-0.15, -0.1) is 0 Å². The Labute approximate surface area is 163 Å². The monoisotopic (exact) mass is 379 g/mol. The minimum Gasteiger partial charge on any atom is -0.496 e. The molecule has 0 bridgehead atoms. The zero-order chi connectivity index (χ0) is 19.8. The van der Waals surface area contributed by atoms with Crippen LogP contribution >= 0.6 is 0 Å². The van der Waals surface area contributed by atoms with Crippen LogP contribution in [0.4, 0.5) is 10.1 Å². The summed E-state index contributed by atoms with van der Waals surface area (Å²) >= 11 is 0. The van der Waals surface area contributed by atoms with Gasteiger partial charge in [-0.1, -0.05) is 36.4 Å². The number of methoxy groups -OCH3 is 1. The fraction of sp³-hybridized carbons (Fsp3) is 0.182. The Hall–Kier alpha value is -3.41. The highest BCUT2D eigenvalue weighted by atomic mass is 19.1. The van der Waals surface area contributed by atoms with Crippen molar-refractivity contribution in [1.29, 1.82) is 0 Å². The van der Waals surface area contributed by atoms with Gasteiger partial charge < -0.3 is 15.4 Å². The van der Waals surface area contributed by atoms with Gasteiger partial charge in [-0.05, 0) is 30.2 Å². The van der Waals surface area contributed by atoms with Gasteiger partial charge in [0.2, 0.25) is 0 Å². The van der Waals surface area contributed by atoms with Gasteiger partial charge in [0.05, 0.1) is 18.4 Å². The molecule has 0 radical (unpaired) electrons. The Morgan fingerprint density at radius 1 is 1.07 bits per heavy atom. The average Bonchev–Trinajstić information content (AvgIpc) is 2.74. The Morgan fingerprint density at radius 2 is 1.82 bits per heavy atom. The highest BCUT2D eigenvalue weighted by molar-refractivity contribution is 5.94. The number of aromatic nitrogens is 1. The number of pyridine rings is 1. The lowest BCUT2D eigenvalue weighted by atomic mass is 10.1. The third-order valence-electron chi connectivity index (χ3n) is 4.31. The summed E-state index contributed by atoms with van der Waals surface area (Å²) in [4.78, 5) is 16.6. The quantitative estimate of drug-likeness (QED) is 0.625. The molecule has 1 heterocycles. The van der Waals surface area contributed by atoms with Gasteiger partial charge in [0.1, 0.15) is 11.6 Å². The largest absolute Gasteiger partial charge is 0.496 e. The van der Waals surface area contributed by atoms with E-state index < -0.39 is 0 Å². The van der Waals surface area contributed by atoms with E-state index in [4.69, 9.17) is 4.74 Å². The highest BCUT2D eigenvalue weighted by Crippen LogP contribution is 2.17. The van der Waals surface area contributed by atoms with Crippen molar-refractivity contribution >= 4 is 11.6 Å². The number of nitrogens with one attached hydrogen (secondary N) is 2. The number of rotatable bonds is 8. The summed E-state index contributed by atoms with van der Waals surface area (Å²) in [7, 11) is 1.60. The molecular weight excluding hydrogens is 357 g/mol. The molecule has 2 aromatic carbocycles. The minimum absolute atomic E-state index is 0.216. The number of anilines is 1. The van der Waals surface area contributed by atoms with E-state index in [0.29, 0.717) is 36.3 Å². The van der Waals surface area contributed by atoms with Crippen molar-refractivity contribution in [2.75, 3.05) is 19.0 Å². The summed E-state index contributed by atoms with van der Waals surface area (Å²) in [5, 5.41) is 6.05. The average molecular weight is 379 g/mol. The number of hydrogen-bond acceptors (Lipinski definition) is 4. The van der Waals surface area contributed by atoms with E-state index in [1.807, 2.05) is 30.3 Å². The zero-order valence-electron chi connectivity index (χ0n) is 15.6. The Bertz CT molecular complexity index is 946. The number of para-hydroxylation sites is 1. The number of hydrogen-bond donors (Lipinski definition) is 2. The van der Waals surface area contributed by atoms with Crippen molar-refractivity contribution in [3.63, 3.8) is 0 Å². The molecule has 1 aromatic heterocycles. The van der Waals surface area contributed by atoms with Crippen molar-refractivity contribution in [2.24, 2.45) is 0 Å². The Kier molecular flexibility index (Phi) is 6.57. The van der Waals surface area contributed by atoms with Crippen LogP contribution in [0.15, 0.2) is 67.0 Å². The smallest absolute Gasteiger partial charge is 0.253 e. The number of amides is 1. The van der Waals surface area contributed by atoms with Crippen molar-refractivity contribution in [3.05, 3.63) is 89.5 Å². The van der Waals surface area contributed by atoms with E-state index in [1.165, 1.54) is 12.3 Å². The maximum Gasteiger partial charge on any atom is 0.253 e. The lowest BCUT2D eigenvalue weighted by molar-refractivity contribution is 0.0950. The SMILES string of the molecule is COc1ccccc1CNC(=O)c1cncc(NCCc2ccccc2F)c1. The lowest BCUT2D eigenvalue weighted by Gasteiger charge is -2.11. The topological polar surface area (TPSA) is 63.2 Å². The third-order valence-corrected chi connectivity index (χ3v) is 4.31. The molecule has 3 rings (SSSR count). The van der Waals surface area contributed by atoms with Gasteiger partial charge in [-0.25, -0.2) is 4.39 Å². The van der Waals surface area contributed by atoms with E-state index in [9.17, 15) is 9.18 Å². The molecule has 28 heavy (non-hydrogen) atoms. The van der Waals surface area contributed by atoms with Crippen molar-refractivity contribution in [2.45, 2.75) is 13.0 Å². The van der Waals surface area contributed by atoms with E-state index in [0.717, 1.165) is 11.3 Å². The third kappa shape index (κ3) is 5.07. The first-order chi connectivity index (χ1) is 13.7. The Balaban J connectivity index is 1.56. The first-order valence-electron chi connectivity index (χ1n) is 9.00. The molecule has 0 saturated carbocycles. The molecule has 0 aliphatic carbocycles. The summed E-state index contributed by atoms with van der Waals surface area (Å²) in [6.45, 7) is 0.892. The van der Waals surface area contributed by atoms with E-state index >= 15 is 0 Å². The highest BCUT2D eigenvalue weighted by Gasteiger charge is 2.09. The second-order valence-electron chi connectivity index (χ2n) is 6.23. The molecule has 5 nitrogen and oxygen atoms in total. The number of benzene rings is 2. The number of carbonyl (C=O) groups excluding carboxylic acids is 1. The van der Waals surface area contributed by atoms with E-state index in [1.54, 1.807) is 31.5 Å². The second kappa shape index (κ2) is 9.50. The summed E-state index contributed by atoms with van der Waals surface area (Å²) in [5.74, 6) is 0.285. The van der Waals surface area contributed by atoms with Gasteiger partial charge in [-0.3, -0.25) is 9.78 Å². The molecule has 0 aliphatic heterocycles. The molecule has 0 unspecified atom stereocenters. The maximum atomic E-state index is 13.7.